The number of halogens is 1. The van der Waals surface area contributed by atoms with Crippen molar-refractivity contribution in [2.45, 2.75) is 25.8 Å². The maximum atomic E-state index is 13.4. The van der Waals surface area contributed by atoms with Gasteiger partial charge in [-0.2, -0.15) is 10.1 Å². The average Bonchev–Trinajstić information content (AvgIpc) is 3.37. The molecule has 192 valence electrons. The highest BCUT2D eigenvalue weighted by Crippen LogP contribution is 2.33. The Hall–Kier alpha value is -3.98. The lowest BCUT2D eigenvalue weighted by Gasteiger charge is -2.22. The van der Waals surface area contributed by atoms with Crippen molar-refractivity contribution in [1.29, 1.82) is 0 Å². The lowest BCUT2D eigenvalue weighted by atomic mass is 9.90. The van der Waals surface area contributed by atoms with Gasteiger partial charge in [0, 0.05) is 17.1 Å². The molecular formula is C27H28ClN5O4. The number of carbonyl (C=O) groups is 2. The summed E-state index contributed by atoms with van der Waals surface area (Å²) in [7, 11) is 2.73. The highest BCUT2D eigenvalue weighted by Gasteiger charge is 2.34. The Balaban J connectivity index is 1.76. The summed E-state index contributed by atoms with van der Waals surface area (Å²) in [5.74, 6) is -1.08. The number of amides is 1. The lowest BCUT2D eigenvalue weighted by molar-refractivity contribution is -0.144. The molecule has 9 nitrogen and oxygen atoms in total. The zero-order chi connectivity index (χ0) is 26.5. The second kappa shape index (κ2) is 11.4. The summed E-state index contributed by atoms with van der Waals surface area (Å²) in [4.78, 5) is 34.2. The van der Waals surface area contributed by atoms with Crippen molar-refractivity contribution in [1.82, 2.24) is 15.3 Å². The van der Waals surface area contributed by atoms with Gasteiger partial charge in [-0.05, 0) is 29.2 Å². The Bertz CT molecular complexity index is 1300. The van der Waals surface area contributed by atoms with Crippen LogP contribution in [0.3, 0.4) is 0 Å². The molecule has 0 fully saturated rings. The molecule has 1 aromatic heterocycles. The van der Waals surface area contributed by atoms with Gasteiger partial charge in [-0.15, -0.1) is 0 Å². The third kappa shape index (κ3) is 5.72. The summed E-state index contributed by atoms with van der Waals surface area (Å²) < 4.78 is 10.1. The molecule has 1 unspecified atom stereocenters. The molecule has 1 aliphatic heterocycles. The zero-order valence-electron chi connectivity index (χ0n) is 21.0. The molecule has 0 radical (unpaired) electrons. The first-order valence-corrected chi connectivity index (χ1v) is 12.2. The monoisotopic (exact) mass is 521 g/mol. The normalized spacial score (nSPS) is 15.8. The van der Waals surface area contributed by atoms with E-state index in [2.05, 4.69) is 15.3 Å². The van der Waals surface area contributed by atoms with Crippen molar-refractivity contribution >= 4 is 35.0 Å². The van der Waals surface area contributed by atoms with Gasteiger partial charge in [0.2, 0.25) is 0 Å². The quantitative estimate of drug-likeness (QED) is 0.445. The van der Waals surface area contributed by atoms with Crippen LogP contribution in [0.1, 0.15) is 41.3 Å². The van der Waals surface area contributed by atoms with Crippen LogP contribution in [0.5, 0.6) is 6.01 Å². The molecule has 0 aliphatic carbocycles. The number of hydrogen-bond donors (Lipinski definition) is 1. The van der Waals surface area contributed by atoms with E-state index in [1.807, 2.05) is 68.4 Å². The minimum atomic E-state index is -0.837. The standard InChI is InChI=1S/C27H28ClN5O4/c1-16(2)22(26(35)36-3)30-25(34)20-14-29-27(37-4)31-24(20)33-15-21(17-8-6-5-7-9-17)23(32-33)18-10-12-19(28)13-11-18/h5-14,16,21-22H,15H2,1-4H3,(H,30,34)/t21?,22-/m0/s1. The molecule has 0 saturated heterocycles. The summed E-state index contributed by atoms with van der Waals surface area (Å²) in [5.41, 5.74) is 2.93. The summed E-state index contributed by atoms with van der Waals surface area (Å²) in [6.07, 6.45) is 1.37. The predicted molar refractivity (Wildman–Crippen MR) is 141 cm³/mol. The van der Waals surface area contributed by atoms with E-state index >= 15 is 0 Å². The van der Waals surface area contributed by atoms with Gasteiger partial charge in [0.15, 0.2) is 5.82 Å². The molecule has 2 aromatic carbocycles. The van der Waals surface area contributed by atoms with Gasteiger partial charge < -0.3 is 14.8 Å². The Labute approximate surface area is 220 Å². The van der Waals surface area contributed by atoms with Gasteiger partial charge in [-0.3, -0.25) is 4.79 Å². The molecule has 4 rings (SSSR count). The summed E-state index contributed by atoms with van der Waals surface area (Å²) >= 11 is 6.12. The van der Waals surface area contributed by atoms with Crippen LogP contribution in [0.2, 0.25) is 5.02 Å². The van der Waals surface area contributed by atoms with Crippen molar-refractivity contribution in [3.8, 4) is 6.01 Å². The number of benzene rings is 2. The Morgan fingerprint density at radius 3 is 2.41 bits per heavy atom. The van der Waals surface area contributed by atoms with E-state index in [1.54, 1.807) is 5.01 Å². The number of nitrogens with zero attached hydrogens (tertiary/aromatic N) is 4. The summed E-state index contributed by atoms with van der Waals surface area (Å²) in [6, 6.07) is 16.7. The van der Waals surface area contributed by atoms with E-state index in [4.69, 9.17) is 26.2 Å². The molecule has 1 aliphatic rings. The number of anilines is 1. The molecule has 37 heavy (non-hydrogen) atoms. The highest BCUT2D eigenvalue weighted by molar-refractivity contribution is 6.30. The van der Waals surface area contributed by atoms with E-state index in [0.717, 1.165) is 16.8 Å². The first-order valence-electron chi connectivity index (χ1n) is 11.8. The number of hydrogen-bond acceptors (Lipinski definition) is 8. The van der Waals surface area contributed by atoms with Crippen LogP contribution in [0, 0.1) is 5.92 Å². The van der Waals surface area contributed by atoms with Crippen molar-refractivity contribution < 1.29 is 19.1 Å². The zero-order valence-corrected chi connectivity index (χ0v) is 21.8. The van der Waals surface area contributed by atoms with E-state index in [9.17, 15) is 9.59 Å². The van der Waals surface area contributed by atoms with E-state index in [1.165, 1.54) is 20.4 Å². The van der Waals surface area contributed by atoms with E-state index in [0.29, 0.717) is 11.6 Å². The maximum absolute atomic E-state index is 13.4. The molecule has 3 aromatic rings. The smallest absolute Gasteiger partial charge is 0.328 e. The number of aromatic nitrogens is 2. The predicted octanol–water partition coefficient (Wildman–Crippen LogP) is 4.07. The highest BCUT2D eigenvalue weighted by atomic mass is 35.5. The molecule has 0 saturated carbocycles. The number of ether oxygens (including phenoxy) is 2. The summed E-state index contributed by atoms with van der Waals surface area (Å²) in [5, 5.41) is 9.94. The van der Waals surface area contributed by atoms with Crippen LogP contribution in [0.25, 0.3) is 0 Å². The van der Waals surface area contributed by atoms with Crippen molar-refractivity contribution in [3.63, 3.8) is 0 Å². The fourth-order valence-corrected chi connectivity index (χ4v) is 4.24. The van der Waals surface area contributed by atoms with E-state index in [-0.39, 0.29) is 29.2 Å². The fraction of sp³-hybridized carbons (Fsp3) is 0.296. The minimum Gasteiger partial charge on any atom is -0.467 e. The number of nitrogens with one attached hydrogen (secondary N) is 1. The molecule has 10 heteroatoms. The van der Waals surface area contributed by atoms with Gasteiger partial charge in [0.1, 0.15) is 11.6 Å². The Morgan fingerprint density at radius 1 is 1.08 bits per heavy atom. The van der Waals surface area contributed by atoms with Gasteiger partial charge in [-0.25, -0.2) is 14.8 Å². The van der Waals surface area contributed by atoms with Gasteiger partial charge >= 0.3 is 12.0 Å². The first kappa shape index (κ1) is 26.1. The first-order chi connectivity index (χ1) is 17.8. The van der Waals surface area contributed by atoms with Crippen LogP contribution >= 0.6 is 11.6 Å². The van der Waals surface area contributed by atoms with Crippen LogP contribution < -0.4 is 15.1 Å². The number of carbonyl (C=O) groups excluding carboxylic acids is 2. The van der Waals surface area contributed by atoms with E-state index < -0.39 is 17.9 Å². The topological polar surface area (TPSA) is 106 Å². The molecule has 1 N–H and O–H groups in total. The number of esters is 1. The Kier molecular flexibility index (Phi) is 8.03. The number of methoxy groups -OCH3 is 2. The molecule has 0 bridgehead atoms. The van der Waals surface area contributed by atoms with Crippen molar-refractivity contribution in [2.24, 2.45) is 11.0 Å². The van der Waals surface area contributed by atoms with Crippen LogP contribution in [0.4, 0.5) is 5.82 Å². The number of rotatable bonds is 8. The summed E-state index contributed by atoms with van der Waals surface area (Å²) in [6.45, 7) is 4.06. The van der Waals surface area contributed by atoms with Gasteiger partial charge in [0.25, 0.3) is 5.91 Å². The SMILES string of the molecule is COC(=O)[C@@H](NC(=O)c1cnc(OC)nc1N1CC(c2ccccc2)C(c2ccc(Cl)cc2)=N1)C(C)C. The second-order valence-corrected chi connectivity index (χ2v) is 9.29. The van der Waals surface area contributed by atoms with Crippen molar-refractivity contribution in [2.75, 3.05) is 25.8 Å². The van der Waals surface area contributed by atoms with Crippen LogP contribution in [-0.2, 0) is 9.53 Å². The maximum Gasteiger partial charge on any atom is 0.328 e. The van der Waals surface area contributed by atoms with Crippen LogP contribution in [-0.4, -0.2) is 54.4 Å². The number of hydrazone groups is 1. The molecule has 1 amide bonds. The average molecular weight is 522 g/mol. The molecule has 0 spiro atoms. The van der Waals surface area contributed by atoms with Crippen molar-refractivity contribution in [3.05, 3.63) is 82.5 Å². The third-order valence-electron chi connectivity index (χ3n) is 6.08. The largest absolute Gasteiger partial charge is 0.467 e. The fourth-order valence-electron chi connectivity index (χ4n) is 4.12. The minimum absolute atomic E-state index is 0.0892. The third-order valence-corrected chi connectivity index (χ3v) is 6.33. The lowest BCUT2D eigenvalue weighted by Crippen LogP contribution is -2.45. The molecule has 2 heterocycles. The molecular weight excluding hydrogens is 494 g/mol. The van der Waals surface area contributed by atoms with Gasteiger partial charge in [0.05, 0.1) is 26.5 Å². The van der Waals surface area contributed by atoms with Crippen LogP contribution in [0.15, 0.2) is 65.9 Å². The van der Waals surface area contributed by atoms with Gasteiger partial charge in [-0.1, -0.05) is 67.9 Å². The second-order valence-electron chi connectivity index (χ2n) is 8.85. The Morgan fingerprint density at radius 2 is 1.78 bits per heavy atom. The molecule has 2 atom stereocenters.